The van der Waals surface area contributed by atoms with Gasteiger partial charge in [-0.15, -0.1) is 0 Å². The average Bonchev–Trinajstić information content (AvgIpc) is 3.31. The molecule has 134 valence electrons. The van der Waals surface area contributed by atoms with E-state index >= 15 is 0 Å². The number of allylic oxidation sites excluding steroid dienone is 2. The summed E-state index contributed by atoms with van der Waals surface area (Å²) in [6.07, 6.45) is 17.2. The Hall–Kier alpha value is -1.50. The summed E-state index contributed by atoms with van der Waals surface area (Å²) in [5.41, 5.74) is 6.01. The Morgan fingerprint density at radius 3 is 2.36 bits per heavy atom. The van der Waals surface area contributed by atoms with Crippen molar-refractivity contribution in [1.82, 2.24) is 0 Å². The maximum atomic E-state index is 3.87. The maximum absolute atomic E-state index is 3.87. The van der Waals surface area contributed by atoms with Crippen LogP contribution in [0.25, 0.3) is 0 Å². The van der Waals surface area contributed by atoms with Crippen molar-refractivity contribution >= 4 is 5.69 Å². The van der Waals surface area contributed by atoms with Gasteiger partial charge in [0.05, 0.1) is 5.54 Å². The monoisotopic (exact) mass is 335 g/mol. The van der Waals surface area contributed by atoms with Crippen LogP contribution in [0.3, 0.4) is 0 Å². The Balaban J connectivity index is 1.54. The minimum atomic E-state index is 0.0474. The first-order chi connectivity index (χ1) is 12.1. The first-order valence-electron chi connectivity index (χ1n) is 10.4. The molecule has 25 heavy (non-hydrogen) atoms. The molecule has 1 nitrogen and oxygen atoms in total. The summed E-state index contributed by atoms with van der Waals surface area (Å²) < 4.78 is 0. The molecule has 1 unspecified atom stereocenters. The van der Waals surface area contributed by atoms with Gasteiger partial charge in [-0.3, -0.25) is 0 Å². The van der Waals surface area contributed by atoms with Gasteiger partial charge in [0, 0.05) is 5.69 Å². The van der Waals surface area contributed by atoms with Crippen molar-refractivity contribution in [2.24, 2.45) is 5.92 Å². The van der Waals surface area contributed by atoms with E-state index in [1.807, 2.05) is 0 Å². The van der Waals surface area contributed by atoms with Gasteiger partial charge in [0.25, 0.3) is 0 Å². The Kier molecular flexibility index (Phi) is 4.75. The second kappa shape index (κ2) is 7.02. The molecule has 0 aliphatic heterocycles. The molecular weight excluding hydrogens is 302 g/mol. The van der Waals surface area contributed by atoms with Crippen LogP contribution < -0.4 is 5.32 Å². The van der Waals surface area contributed by atoms with Crippen molar-refractivity contribution in [3.8, 4) is 0 Å². The van der Waals surface area contributed by atoms with Crippen molar-refractivity contribution in [1.29, 1.82) is 0 Å². The smallest absolute Gasteiger partial charge is 0.0568 e. The molecule has 1 aromatic carbocycles. The average molecular weight is 336 g/mol. The molecule has 1 heteroatoms. The molecule has 0 spiro atoms. The minimum Gasteiger partial charge on any atom is -0.376 e. The van der Waals surface area contributed by atoms with E-state index in [0.29, 0.717) is 0 Å². The van der Waals surface area contributed by atoms with Gasteiger partial charge in [-0.2, -0.15) is 0 Å². The molecule has 2 fully saturated rings. The van der Waals surface area contributed by atoms with Crippen LogP contribution in [0.4, 0.5) is 5.69 Å². The fourth-order valence-electron chi connectivity index (χ4n) is 5.22. The number of hydrogen-bond donors (Lipinski definition) is 1. The molecular formula is C24H33N. The quantitative estimate of drug-likeness (QED) is 0.625. The summed E-state index contributed by atoms with van der Waals surface area (Å²) in [7, 11) is 0. The highest BCUT2D eigenvalue weighted by molar-refractivity contribution is 5.52. The van der Waals surface area contributed by atoms with Crippen molar-refractivity contribution in [3.05, 3.63) is 53.1 Å². The normalized spacial score (nSPS) is 28.1. The number of benzene rings is 1. The number of hydrogen-bond acceptors (Lipinski definition) is 1. The van der Waals surface area contributed by atoms with Crippen LogP contribution in [0.1, 0.15) is 83.1 Å². The topological polar surface area (TPSA) is 12.0 Å². The Labute approximate surface area is 153 Å². The predicted molar refractivity (Wildman–Crippen MR) is 108 cm³/mol. The molecule has 4 rings (SSSR count). The highest BCUT2D eigenvalue weighted by Crippen LogP contribution is 2.40. The van der Waals surface area contributed by atoms with Gasteiger partial charge in [0.2, 0.25) is 0 Å². The Morgan fingerprint density at radius 2 is 1.64 bits per heavy atom. The number of rotatable bonds is 4. The van der Waals surface area contributed by atoms with Crippen LogP contribution in [-0.2, 0) is 0 Å². The molecule has 1 atom stereocenters. The third-order valence-corrected chi connectivity index (χ3v) is 6.70. The molecule has 3 aliphatic rings. The predicted octanol–water partition coefficient (Wildman–Crippen LogP) is 6.98. The van der Waals surface area contributed by atoms with E-state index in [4.69, 9.17) is 0 Å². The minimum absolute atomic E-state index is 0.0474. The molecule has 0 radical (unpaired) electrons. The fourth-order valence-corrected chi connectivity index (χ4v) is 5.22. The standard InChI is InChI=1S/C24H33N/c1-18-14-15-24(2,17-23(18)20-10-5-6-11-20)25-22-13-7-12-21(16-22)19-8-3-4-9-19/h7,12-14,16-17,19-20,25H,3-6,8-11,15H2,1-2H3. The molecule has 0 saturated heterocycles. The summed E-state index contributed by atoms with van der Waals surface area (Å²) in [6, 6.07) is 9.23. The molecule has 0 aromatic heterocycles. The van der Waals surface area contributed by atoms with Gasteiger partial charge < -0.3 is 5.32 Å². The summed E-state index contributed by atoms with van der Waals surface area (Å²) in [6.45, 7) is 4.68. The first-order valence-corrected chi connectivity index (χ1v) is 10.4. The summed E-state index contributed by atoms with van der Waals surface area (Å²) in [5.74, 6) is 1.58. The van der Waals surface area contributed by atoms with E-state index in [-0.39, 0.29) is 5.54 Å². The molecule has 0 heterocycles. The van der Waals surface area contributed by atoms with Crippen molar-refractivity contribution in [2.45, 2.75) is 83.1 Å². The van der Waals surface area contributed by atoms with E-state index in [9.17, 15) is 0 Å². The lowest BCUT2D eigenvalue weighted by Gasteiger charge is -2.34. The third-order valence-electron chi connectivity index (χ3n) is 6.70. The largest absolute Gasteiger partial charge is 0.376 e. The number of nitrogens with one attached hydrogen (secondary N) is 1. The molecule has 1 aromatic rings. The Bertz CT molecular complexity index is 671. The molecule has 1 N–H and O–H groups in total. The summed E-state index contributed by atoms with van der Waals surface area (Å²) >= 11 is 0. The van der Waals surface area contributed by atoms with Crippen LogP contribution in [0.2, 0.25) is 0 Å². The number of anilines is 1. The zero-order valence-corrected chi connectivity index (χ0v) is 16.0. The first kappa shape index (κ1) is 16.9. The summed E-state index contributed by atoms with van der Waals surface area (Å²) in [4.78, 5) is 0. The van der Waals surface area contributed by atoms with Crippen LogP contribution in [-0.4, -0.2) is 5.54 Å². The van der Waals surface area contributed by atoms with Gasteiger partial charge in [0.1, 0.15) is 0 Å². The van der Waals surface area contributed by atoms with Gasteiger partial charge in [0.15, 0.2) is 0 Å². The van der Waals surface area contributed by atoms with E-state index in [0.717, 1.165) is 18.3 Å². The van der Waals surface area contributed by atoms with Crippen LogP contribution in [0.5, 0.6) is 0 Å². The third kappa shape index (κ3) is 3.71. The van der Waals surface area contributed by atoms with Gasteiger partial charge in [-0.1, -0.05) is 55.5 Å². The zero-order chi connectivity index (χ0) is 17.3. The Morgan fingerprint density at radius 1 is 0.960 bits per heavy atom. The zero-order valence-electron chi connectivity index (χ0n) is 16.0. The molecule has 3 aliphatic carbocycles. The van der Waals surface area contributed by atoms with Crippen molar-refractivity contribution in [2.75, 3.05) is 5.32 Å². The van der Waals surface area contributed by atoms with Crippen LogP contribution >= 0.6 is 0 Å². The maximum Gasteiger partial charge on any atom is 0.0568 e. The van der Waals surface area contributed by atoms with E-state index in [1.165, 1.54) is 68.2 Å². The van der Waals surface area contributed by atoms with Crippen molar-refractivity contribution in [3.63, 3.8) is 0 Å². The lowest BCUT2D eigenvalue weighted by molar-refractivity contribution is 0.583. The molecule has 2 saturated carbocycles. The highest BCUT2D eigenvalue weighted by atomic mass is 15.0. The van der Waals surface area contributed by atoms with Crippen LogP contribution in [0, 0.1) is 5.92 Å². The van der Waals surface area contributed by atoms with Gasteiger partial charge in [-0.05, 0) is 81.1 Å². The lowest BCUT2D eigenvalue weighted by atomic mass is 9.80. The second-order valence-corrected chi connectivity index (χ2v) is 8.82. The fraction of sp³-hybridized carbons (Fsp3) is 0.583. The van der Waals surface area contributed by atoms with E-state index in [1.54, 1.807) is 5.57 Å². The highest BCUT2D eigenvalue weighted by Gasteiger charge is 2.29. The van der Waals surface area contributed by atoms with E-state index < -0.39 is 0 Å². The van der Waals surface area contributed by atoms with E-state index in [2.05, 4.69) is 55.6 Å². The van der Waals surface area contributed by atoms with Gasteiger partial charge >= 0.3 is 0 Å². The van der Waals surface area contributed by atoms with Crippen LogP contribution in [0.15, 0.2) is 47.6 Å². The molecule has 0 bridgehead atoms. The second-order valence-electron chi connectivity index (χ2n) is 8.82. The lowest BCUT2D eigenvalue weighted by Crippen LogP contribution is -2.34. The van der Waals surface area contributed by atoms with Crippen molar-refractivity contribution < 1.29 is 0 Å². The molecule has 0 amide bonds. The summed E-state index contributed by atoms with van der Waals surface area (Å²) in [5, 5.41) is 3.87. The van der Waals surface area contributed by atoms with Gasteiger partial charge in [-0.25, -0.2) is 0 Å². The SMILES string of the molecule is CC1=CCC(C)(Nc2cccc(C3CCCC3)c2)C=C1C1CCCC1.